The summed E-state index contributed by atoms with van der Waals surface area (Å²) in [7, 11) is 1.84. The molecule has 26 heavy (non-hydrogen) atoms. The number of fused-ring (bicyclic) bond motifs is 1. The molecule has 0 aliphatic rings. The van der Waals surface area contributed by atoms with E-state index in [0.29, 0.717) is 10.4 Å². The van der Waals surface area contributed by atoms with Gasteiger partial charge in [-0.1, -0.05) is 6.07 Å². The van der Waals surface area contributed by atoms with Crippen LogP contribution in [0.2, 0.25) is 0 Å². The number of hydrogen-bond acceptors (Lipinski definition) is 4. The molecule has 0 atom stereocenters. The maximum atomic E-state index is 13.5. The van der Waals surface area contributed by atoms with Gasteiger partial charge in [0.15, 0.2) is 0 Å². The Morgan fingerprint density at radius 3 is 2.50 bits per heavy atom. The van der Waals surface area contributed by atoms with Crippen molar-refractivity contribution in [1.29, 1.82) is 0 Å². The molecule has 6 nitrogen and oxygen atoms in total. The monoisotopic (exact) mass is 374 g/mol. The van der Waals surface area contributed by atoms with Gasteiger partial charge in [0.2, 0.25) is 0 Å². The standard InChI is InChI=1S/C18H19FN4O2S/c1-10-4-5-12(8-14(10)19)16(24)20-6-7-21-17(25)15-9-13-11(2)22-23(3)18(13)26-15/h4-5,8-9H,6-7H2,1-3H3,(H,20,24)(H,21,25). The number of amides is 2. The van der Waals surface area contributed by atoms with Crippen molar-refractivity contribution in [3.05, 3.63) is 51.8 Å². The summed E-state index contributed by atoms with van der Waals surface area (Å²) in [6, 6.07) is 6.16. The Labute approximate surface area is 154 Å². The van der Waals surface area contributed by atoms with Crippen LogP contribution in [0.25, 0.3) is 10.2 Å². The summed E-state index contributed by atoms with van der Waals surface area (Å²) in [6.07, 6.45) is 0. The van der Waals surface area contributed by atoms with E-state index < -0.39 is 5.82 Å². The zero-order valence-corrected chi connectivity index (χ0v) is 15.5. The minimum absolute atomic E-state index is 0.193. The number of halogens is 1. The number of carbonyl (C=O) groups excluding carboxylic acids is 2. The topological polar surface area (TPSA) is 76.0 Å². The fourth-order valence-corrected chi connectivity index (χ4v) is 3.63. The lowest BCUT2D eigenvalue weighted by atomic mass is 10.1. The number of nitrogens with zero attached hydrogens (tertiary/aromatic N) is 2. The summed E-state index contributed by atoms with van der Waals surface area (Å²) in [6.45, 7) is 4.08. The van der Waals surface area contributed by atoms with Crippen LogP contribution in [0.3, 0.4) is 0 Å². The van der Waals surface area contributed by atoms with Crippen LogP contribution in [-0.4, -0.2) is 34.7 Å². The second-order valence-corrected chi connectivity index (χ2v) is 7.04. The van der Waals surface area contributed by atoms with Crippen molar-refractivity contribution in [3.63, 3.8) is 0 Å². The molecule has 0 bridgehead atoms. The highest BCUT2D eigenvalue weighted by molar-refractivity contribution is 7.20. The Hall–Kier alpha value is -2.74. The van der Waals surface area contributed by atoms with Gasteiger partial charge in [0.25, 0.3) is 11.8 Å². The number of rotatable bonds is 5. The highest BCUT2D eigenvalue weighted by Gasteiger charge is 2.15. The van der Waals surface area contributed by atoms with Crippen LogP contribution in [0.1, 0.15) is 31.3 Å². The molecule has 2 amide bonds. The molecule has 8 heteroatoms. The van der Waals surface area contributed by atoms with Gasteiger partial charge in [-0.3, -0.25) is 14.3 Å². The number of thiophene rings is 1. The quantitative estimate of drug-likeness (QED) is 0.674. The van der Waals surface area contributed by atoms with E-state index in [9.17, 15) is 14.0 Å². The smallest absolute Gasteiger partial charge is 0.261 e. The maximum Gasteiger partial charge on any atom is 0.261 e. The third kappa shape index (κ3) is 3.60. The number of benzene rings is 1. The number of nitrogens with one attached hydrogen (secondary N) is 2. The summed E-state index contributed by atoms with van der Waals surface area (Å²) in [5.74, 6) is -0.983. The Bertz CT molecular complexity index is 958. The Morgan fingerprint density at radius 1 is 1.15 bits per heavy atom. The van der Waals surface area contributed by atoms with Crippen molar-refractivity contribution < 1.29 is 14.0 Å². The van der Waals surface area contributed by atoms with Gasteiger partial charge in [0, 0.05) is 31.1 Å². The molecule has 0 unspecified atom stereocenters. The number of carbonyl (C=O) groups is 2. The number of hydrogen-bond donors (Lipinski definition) is 2. The zero-order valence-electron chi connectivity index (χ0n) is 14.7. The first-order chi connectivity index (χ1) is 12.4. The normalized spacial score (nSPS) is 10.9. The number of aryl methyl sites for hydroxylation is 3. The summed E-state index contributed by atoms with van der Waals surface area (Å²) < 4.78 is 15.3. The second kappa shape index (κ2) is 7.25. The minimum Gasteiger partial charge on any atom is -0.350 e. The molecule has 3 rings (SSSR count). The van der Waals surface area contributed by atoms with E-state index in [4.69, 9.17) is 0 Å². The first kappa shape index (κ1) is 18.1. The average molecular weight is 374 g/mol. The van der Waals surface area contributed by atoms with Gasteiger partial charge in [-0.2, -0.15) is 5.10 Å². The lowest BCUT2D eigenvalue weighted by molar-refractivity contribution is 0.0929. The molecule has 2 aromatic heterocycles. The van der Waals surface area contributed by atoms with Crippen molar-refractivity contribution in [2.75, 3.05) is 13.1 Å². The summed E-state index contributed by atoms with van der Waals surface area (Å²) >= 11 is 1.38. The molecule has 0 aliphatic carbocycles. The lowest BCUT2D eigenvalue weighted by Crippen LogP contribution is -2.34. The average Bonchev–Trinajstić information content (AvgIpc) is 3.16. The molecule has 0 aliphatic heterocycles. The molecule has 0 radical (unpaired) electrons. The fraction of sp³-hybridized carbons (Fsp3) is 0.278. The predicted octanol–water partition coefficient (Wildman–Crippen LogP) is 2.55. The second-order valence-electron chi connectivity index (χ2n) is 6.01. The van der Waals surface area contributed by atoms with Crippen LogP contribution in [0, 0.1) is 19.7 Å². The molecule has 3 aromatic rings. The first-order valence-corrected chi connectivity index (χ1v) is 8.94. The van der Waals surface area contributed by atoms with E-state index in [1.165, 1.54) is 17.4 Å². The van der Waals surface area contributed by atoms with Crippen LogP contribution in [0.5, 0.6) is 0 Å². The van der Waals surface area contributed by atoms with Crippen LogP contribution in [0.4, 0.5) is 4.39 Å². The summed E-state index contributed by atoms with van der Waals surface area (Å²) in [4.78, 5) is 25.8. The lowest BCUT2D eigenvalue weighted by Gasteiger charge is -2.07. The third-order valence-corrected chi connectivity index (χ3v) is 5.25. The van der Waals surface area contributed by atoms with Gasteiger partial charge >= 0.3 is 0 Å². The van der Waals surface area contributed by atoms with E-state index in [0.717, 1.165) is 15.9 Å². The van der Waals surface area contributed by atoms with E-state index in [1.807, 2.05) is 20.0 Å². The molecule has 0 saturated heterocycles. The minimum atomic E-state index is -0.416. The molecule has 1 aromatic carbocycles. The van der Waals surface area contributed by atoms with E-state index in [-0.39, 0.29) is 30.5 Å². The van der Waals surface area contributed by atoms with Crippen molar-refractivity contribution in [2.24, 2.45) is 7.05 Å². The Kier molecular flexibility index (Phi) is 5.03. The van der Waals surface area contributed by atoms with Crippen LogP contribution < -0.4 is 10.6 Å². The maximum absolute atomic E-state index is 13.5. The molecular formula is C18H19FN4O2S. The molecule has 136 valence electrons. The zero-order chi connectivity index (χ0) is 18.8. The molecule has 0 fully saturated rings. The Balaban J connectivity index is 1.52. The largest absolute Gasteiger partial charge is 0.350 e. The highest BCUT2D eigenvalue weighted by atomic mass is 32.1. The van der Waals surface area contributed by atoms with Crippen molar-refractivity contribution >= 4 is 33.4 Å². The van der Waals surface area contributed by atoms with E-state index in [1.54, 1.807) is 23.7 Å². The number of aromatic nitrogens is 2. The summed E-state index contributed by atoms with van der Waals surface area (Å²) in [5, 5.41) is 10.7. The van der Waals surface area contributed by atoms with Crippen molar-refractivity contribution in [1.82, 2.24) is 20.4 Å². The fourth-order valence-electron chi connectivity index (χ4n) is 2.59. The molecule has 0 spiro atoms. The van der Waals surface area contributed by atoms with Gasteiger partial charge in [-0.25, -0.2) is 4.39 Å². The van der Waals surface area contributed by atoms with E-state index in [2.05, 4.69) is 15.7 Å². The summed E-state index contributed by atoms with van der Waals surface area (Å²) in [5.41, 5.74) is 1.63. The van der Waals surface area contributed by atoms with Crippen LogP contribution >= 0.6 is 11.3 Å². The van der Waals surface area contributed by atoms with Gasteiger partial charge in [0.05, 0.1) is 10.6 Å². The molecular weight excluding hydrogens is 355 g/mol. The predicted molar refractivity (Wildman–Crippen MR) is 99.1 cm³/mol. The SMILES string of the molecule is Cc1ccc(C(=O)NCCNC(=O)c2cc3c(C)nn(C)c3s2)cc1F. The van der Waals surface area contributed by atoms with Crippen LogP contribution in [0.15, 0.2) is 24.3 Å². The van der Waals surface area contributed by atoms with Gasteiger partial charge < -0.3 is 10.6 Å². The van der Waals surface area contributed by atoms with Crippen molar-refractivity contribution in [2.45, 2.75) is 13.8 Å². The first-order valence-electron chi connectivity index (χ1n) is 8.12. The van der Waals surface area contributed by atoms with E-state index >= 15 is 0 Å². The van der Waals surface area contributed by atoms with Crippen LogP contribution in [-0.2, 0) is 7.05 Å². The molecule has 2 N–H and O–H groups in total. The van der Waals surface area contributed by atoms with Gasteiger partial charge in [0.1, 0.15) is 10.6 Å². The third-order valence-electron chi connectivity index (χ3n) is 4.05. The van der Waals surface area contributed by atoms with Crippen molar-refractivity contribution in [3.8, 4) is 0 Å². The molecule has 2 heterocycles. The molecule has 0 saturated carbocycles. The van der Waals surface area contributed by atoms with Gasteiger partial charge in [-0.05, 0) is 37.6 Å². The Morgan fingerprint density at radius 2 is 1.85 bits per heavy atom. The highest BCUT2D eigenvalue weighted by Crippen LogP contribution is 2.27. The van der Waals surface area contributed by atoms with Gasteiger partial charge in [-0.15, -0.1) is 11.3 Å².